The third-order valence-electron chi connectivity index (χ3n) is 3.39. The minimum atomic E-state index is -0.0169. The van der Waals surface area contributed by atoms with E-state index in [-0.39, 0.29) is 5.91 Å². The molecule has 0 saturated carbocycles. The normalized spacial score (nSPS) is 10.2. The largest absolute Gasteiger partial charge is 0.372 e. The van der Waals surface area contributed by atoms with Crippen LogP contribution in [-0.4, -0.2) is 24.0 Å². The summed E-state index contributed by atoms with van der Waals surface area (Å²) in [7, 11) is 0. The molecule has 0 spiro atoms. The standard InChI is InChI=1S/C17H21N3O/c1-3-20(4-2)16-7-5-15(6-8-16)19-17(21)13-14-9-11-18-12-10-14/h5-12H,3-4,13H2,1-2H3,(H,19,21). The fraction of sp³-hybridized carbons (Fsp3) is 0.294. The molecule has 1 aromatic carbocycles. The lowest BCUT2D eigenvalue weighted by Crippen LogP contribution is -2.21. The predicted molar refractivity (Wildman–Crippen MR) is 86.6 cm³/mol. The Kier molecular flexibility index (Phi) is 5.32. The molecule has 0 saturated heterocycles. The molecule has 0 aliphatic carbocycles. The SMILES string of the molecule is CCN(CC)c1ccc(NC(=O)Cc2ccncc2)cc1. The van der Waals surface area contributed by atoms with Crippen molar-refractivity contribution in [1.82, 2.24) is 4.98 Å². The monoisotopic (exact) mass is 283 g/mol. The summed E-state index contributed by atoms with van der Waals surface area (Å²) >= 11 is 0. The molecule has 0 radical (unpaired) electrons. The molecular weight excluding hydrogens is 262 g/mol. The number of benzene rings is 1. The number of hydrogen-bond acceptors (Lipinski definition) is 3. The van der Waals surface area contributed by atoms with Gasteiger partial charge in [0.1, 0.15) is 0 Å². The van der Waals surface area contributed by atoms with E-state index in [2.05, 4.69) is 29.0 Å². The highest BCUT2D eigenvalue weighted by atomic mass is 16.1. The number of nitrogens with one attached hydrogen (secondary N) is 1. The van der Waals surface area contributed by atoms with E-state index >= 15 is 0 Å². The van der Waals surface area contributed by atoms with Gasteiger partial charge in [-0.05, 0) is 55.8 Å². The number of hydrogen-bond donors (Lipinski definition) is 1. The first-order valence-corrected chi connectivity index (χ1v) is 7.26. The van der Waals surface area contributed by atoms with E-state index < -0.39 is 0 Å². The smallest absolute Gasteiger partial charge is 0.228 e. The molecule has 1 heterocycles. The Hall–Kier alpha value is -2.36. The van der Waals surface area contributed by atoms with E-state index in [0.717, 1.165) is 24.3 Å². The van der Waals surface area contributed by atoms with Gasteiger partial charge in [-0.3, -0.25) is 9.78 Å². The van der Waals surface area contributed by atoms with Gasteiger partial charge in [0.05, 0.1) is 6.42 Å². The van der Waals surface area contributed by atoms with Crippen LogP contribution in [-0.2, 0) is 11.2 Å². The molecule has 0 fully saturated rings. The third-order valence-corrected chi connectivity index (χ3v) is 3.39. The molecule has 2 rings (SSSR count). The average molecular weight is 283 g/mol. The Morgan fingerprint density at radius 2 is 1.67 bits per heavy atom. The first-order chi connectivity index (χ1) is 10.2. The van der Waals surface area contributed by atoms with Crippen LogP contribution in [0.1, 0.15) is 19.4 Å². The van der Waals surface area contributed by atoms with Crippen molar-refractivity contribution in [3.8, 4) is 0 Å². The van der Waals surface area contributed by atoms with Crippen LogP contribution in [0.2, 0.25) is 0 Å². The zero-order valence-electron chi connectivity index (χ0n) is 12.5. The van der Waals surface area contributed by atoms with E-state index in [0.29, 0.717) is 6.42 Å². The lowest BCUT2D eigenvalue weighted by atomic mass is 10.2. The Morgan fingerprint density at radius 1 is 1.05 bits per heavy atom. The van der Waals surface area contributed by atoms with Crippen LogP contribution in [0.25, 0.3) is 0 Å². The van der Waals surface area contributed by atoms with Gasteiger partial charge < -0.3 is 10.2 Å². The van der Waals surface area contributed by atoms with E-state index in [1.807, 2.05) is 36.4 Å². The van der Waals surface area contributed by atoms with Crippen molar-refractivity contribution in [1.29, 1.82) is 0 Å². The van der Waals surface area contributed by atoms with E-state index in [9.17, 15) is 4.79 Å². The Bertz CT molecular complexity index is 562. The second kappa shape index (κ2) is 7.43. The summed E-state index contributed by atoms with van der Waals surface area (Å²) in [5, 5.41) is 2.91. The molecule has 0 atom stereocenters. The second-order valence-electron chi connectivity index (χ2n) is 4.80. The van der Waals surface area contributed by atoms with Gasteiger partial charge in [0.2, 0.25) is 5.91 Å². The van der Waals surface area contributed by atoms with Gasteiger partial charge in [0, 0.05) is 36.9 Å². The summed E-state index contributed by atoms with van der Waals surface area (Å²) in [5.74, 6) is -0.0169. The highest BCUT2D eigenvalue weighted by Gasteiger charge is 2.05. The number of rotatable bonds is 6. The molecule has 0 bridgehead atoms. The topological polar surface area (TPSA) is 45.2 Å². The predicted octanol–water partition coefficient (Wildman–Crippen LogP) is 3.11. The third kappa shape index (κ3) is 4.31. The highest BCUT2D eigenvalue weighted by molar-refractivity contribution is 5.92. The molecule has 0 unspecified atom stereocenters. The lowest BCUT2D eigenvalue weighted by molar-refractivity contribution is -0.115. The van der Waals surface area contributed by atoms with Gasteiger partial charge in [0.25, 0.3) is 0 Å². The van der Waals surface area contributed by atoms with Crippen LogP contribution in [0, 0.1) is 0 Å². The van der Waals surface area contributed by atoms with Crippen LogP contribution in [0.5, 0.6) is 0 Å². The molecule has 1 amide bonds. The lowest BCUT2D eigenvalue weighted by Gasteiger charge is -2.21. The van der Waals surface area contributed by atoms with Crippen LogP contribution in [0.4, 0.5) is 11.4 Å². The van der Waals surface area contributed by atoms with Crippen LogP contribution in [0.15, 0.2) is 48.8 Å². The summed E-state index contributed by atoms with van der Waals surface area (Å²) in [4.78, 5) is 18.2. The van der Waals surface area contributed by atoms with Crippen molar-refractivity contribution < 1.29 is 4.79 Å². The molecule has 1 N–H and O–H groups in total. The summed E-state index contributed by atoms with van der Waals surface area (Å²) in [6, 6.07) is 11.7. The molecule has 4 nitrogen and oxygen atoms in total. The Labute approximate surface area is 125 Å². The van der Waals surface area contributed by atoms with Crippen molar-refractivity contribution in [3.05, 3.63) is 54.4 Å². The van der Waals surface area contributed by atoms with E-state index in [4.69, 9.17) is 0 Å². The summed E-state index contributed by atoms with van der Waals surface area (Å²) in [6.07, 6.45) is 3.75. The molecule has 21 heavy (non-hydrogen) atoms. The fourth-order valence-corrected chi connectivity index (χ4v) is 2.24. The number of pyridine rings is 1. The van der Waals surface area contributed by atoms with Crippen LogP contribution < -0.4 is 10.2 Å². The van der Waals surface area contributed by atoms with Gasteiger partial charge in [0.15, 0.2) is 0 Å². The zero-order chi connectivity index (χ0) is 15.1. The maximum absolute atomic E-state index is 12.0. The number of amides is 1. The highest BCUT2D eigenvalue weighted by Crippen LogP contribution is 2.17. The molecule has 1 aromatic heterocycles. The first-order valence-electron chi connectivity index (χ1n) is 7.26. The maximum atomic E-state index is 12.0. The second-order valence-corrected chi connectivity index (χ2v) is 4.80. The van der Waals surface area contributed by atoms with Crippen molar-refractivity contribution in [2.75, 3.05) is 23.3 Å². The molecule has 110 valence electrons. The van der Waals surface area contributed by atoms with Crippen molar-refractivity contribution >= 4 is 17.3 Å². The van der Waals surface area contributed by atoms with Gasteiger partial charge >= 0.3 is 0 Å². The Morgan fingerprint density at radius 3 is 2.24 bits per heavy atom. The van der Waals surface area contributed by atoms with Crippen molar-refractivity contribution in [2.45, 2.75) is 20.3 Å². The number of carbonyl (C=O) groups is 1. The quantitative estimate of drug-likeness (QED) is 0.886. The fourth-order valence-electron chi connectivity index (χ4n) is 2.24. The maximum Gasteiger partial charge on any atom is 0.228 e. The van der Waals surface area contributed by atoms with Crippen molar-refractivity contribution in [2.24, 2.45) is 0 Å². The number of anilines is 2. The molecular formula is C17H21N3O. The Balaban J connectivity index is 1.95. The van der Waals surface area contributed by atoms with Crippen molar-refractivity contribution in [3.63, 3.8) is 0 Å². The first kappa shape index (κ1) is 15.0. The number of nitrogens with zero attached hydrogens (tertiary/aromatic N) is 2. The molecule has 0 aliphatic heterocycles. The summed E-state index contributed by atoms with van der Waals surface area (Å²) < 4.78 is 0. The number of aromatic nitrogens is 1. The van der Waals surface area contributed by atoms with Gasteiger partial charge in [-0.2, -0.15) is 0 Å². The van der Waals surface area contributed by atoms with E-state index in [1.54, 1.807) is 12.4 Å². The zero-order valence-corrected chi connectivity index (χ0v) is 12.5. The minimum Gasteiger partial charge on any atom is -0.372 e. The molecule has 4 heteroatoms. The molecule has 2 aromatic rings. The average Bonchev–Trinajstić information content (AvgIpc) is 2.51. The van der Waals surface area contributed by atoms with Gasteiger partial charge in [-0.25, -0.2) is 0 Å². The van der Waals surface area contributed by atoms with Crippen LogP contribution >= 0.6 is 0 Å². The van der Waals surface area contributed by atoms with Crippen LogP contribution in [0.3, 0.4) is 0 Å². The summed E-state index contributed by atoms with van der Waals surface area (Å²) in [5.41, 5.74) is 2.96. The number of carbonyl (C=O) groups excluding carboxylic acids is 1. The summed E-state index contributed by atoms with van der Waals surface area (Å²) in [6.45, 7) is 6.22. The van der Waals surface area contributed by atoms with Gasteiger partial charge in [-0.15, -0.1) is 0 Å². The van der Waals surface area contributed by atoms with Gasteiger partial charge in [-0.1, -0.05) is 0 Å². The molecule has 0 aliphatic rings. The van der Waals surface area contributed by atoms with E-state index in [1.165, 1.54) is 5.69 Å². The minimum absolute atomic E-state index is 0.0169.